The van der Waals surface area contributed by atoms with Crippen molar-refractivity contribution in [1.82, 2.24) is 0 Å². The third-order valence-corrected chi connectivity index (χ3v) is 9.45. The van der Waals surface area contributed by atoms with Gasteiger partial charge < -0.3 is 0 Å². The number of hydrogen-bond donors (Lipinski definition) is 0. The minimum atomic E-state index is 1.17. The fourth-order valence-corrected chi connectivity index (χ4v) is 6.33. The molecule has 0 saturated heterocycles. The van der Waals surface area contributed by atoms with Gasteiger partial charge in [0.2, 0.25) is 0 Å². The van der Waals surface area contributed by atoms with E-state index in [4.69, 9.17) is 0 Å². The lowest BCUT2D eigenvalue weighted by atomic mass is 9.93. The summed E-state index contributed by atoms with van der Waals surface area (Å²) in [5.41, 5.74) is 19.6. The fourth-order valence-electron chi connectivity index (χ4n) is 6.33. The van der Waals surface area contributed by atoms with E-state index in [0.717, 1.165) is 0 Å². The van der Waals surface area contributed by atoms with Crippen LogP contribution in [0.1, 0.15) is 44.5 Å². The van der Waals surface area contributed by atoms with Gasteiger partial charge in [0.1, 0.15) is 0 Å². The van der Waals surface area contributed by atoms with Crippen LogP contribution >= 0.6 is 0 Å². The van der Waals surface area contributed by atoms with Crippen molar-refractivity contribution < 1.29 is 0 Å². The minimum absolute atomic E-state index is 1.17. The van der Waals surface area contributed by atoms with E-state index in [1.54, 1.807) is 0 Å². The van der Waals surface area contributed by atoms with Crippen LogP contribution in [0.2, 0.25) is 0 Å². The van der Waals surface area contributed by atoms with E-state index in [1.807, 2.05) is 0 Å². The van der Waals surface area contributed by atoms with Gasteiger partial charge in [-0.2, -0.15) is 0 Å². The zero-order valence-corrected chi connectivity index (χ0v) is 29.3. The molecule has 0 amide bonds. The third-order valence-electron chi connectivity index (χ3n) is 9.45. The quantitative estimate of drug-likeness (QED) is 0.145. The van der Waals surface area contributed by atoms with Gasteiger partial charge in [0.05, 0.1) is 0 Å². The third kappa shape index (κ3) is 7.67. The largest absolute Gasteiger partial charge is 0.0587 e. The van der Waals surface area contributed by atoms with Crippen molar-refractivity contribution in [2.45, 2.75) is 27.7 Å². The average molecular weight is 643 g/mol. The minimum Gasteiger partial charge on any atom is -0.0587 e. The van der Waals surface area contributed by atoms with Gasteiger partial charge in [0.25, 0.3) is 0 Å². The lowest BCUT2D eigenvalue weighted by Crippen LogP contribution is -1.87. The summed E-state index contributed by atoms with van der Waals surface area (Å²) in [7, 11) is 0. The standard InChI is InChI=1S/C50H42/c1-35-5-19-41(20-6-35)45-29-31-49(43-23-9-37(3)10-24-43)47(33-45)27-17-39-13-15-40(16-14-39)18-28-48-34-46(42-21-7-36(2)8-22-42)30-32-50(48)44-25-11-38(4)12-26-44/h5-34H,1-4H3/b27-17+,28-18+. The first-order valence-corrected chi connectivity index (χ1v) is 17.4. The van der Waals surface area contributed by atoms with Crippen LogP contribution in [-0.4, -0.2) is 0 Å². The molecule has 0 aliphatic heterocycles. The molecule has 0 bridgehead atoms. The first-order chi connectivity index (χ1) is 24.4. The molecule has 0 unspecified atom stereocenters. The molecule has 0 heterocycles. The second-order valence-electron chi connectivity index (χ2n) is 13.4. The maximum Gasteiger partial charge on any atom is -0.0111 e. The lowest BCUT2D eigenvalue weighted by Gasteiger charge is -2.11. The molecule has 7 aromatic carbocycles. The Hall–Kier alpha value is -5.98. The van der Waals surface area contributed by atoms with Gasteiger partial charge in [-0.3, -0.25) is 0 Å². The summed E-state index contributed by atoms with van der Waals surface area (Å²) in [4.78, 5) is 0. The van der Waals surface area contributed by atoms with Crippen LogP contribution in [-0.2, 0) is 0 Å². The van der Waals surface area contributed by atoms with E-state index in [9.17, 15) is 0 Å². The van der Waals surface area contributed by atoms with Crippen molar-refractivity contribution in [1.29, 1.82) is 0 Å². The summed E-state index contributed by atoms with van der Waals surface area (Å²) in [5.74, 6) is 0. The summed E-state index contributed by atoms with van der Waals surface area (Å²) in [5, 5.41) is 0. The molecule has 0 nitrogen and oxygen atoms in total. The SMILES string of the molecule is Cc1ccc(-c2ccc(-c3ccc(C)cc3)c(/C=C/c3ccc(/C=C/c4cc(-c5ccc(C)cc5)ccc4-c4ccc(C)cc4)cc3)c2)cc1. The van der Waals surface area contributed by atoms with E-state index in [-0.39, 0.29) is 0 Å². The second kappa shape index (κ2) is 14.6. The van der Waals surface area contributed by atoms with Crippen molar-refractivity contribution in [2.75, 3.05) is 0 Å². The van der Waals surface area contributed by atoms with E-state index in [0.29, 0.717) is 0 Å². The molecule has 0 atom stereocenters. The highest BCUT2D eigenvalue weighted by Gasteiger charge is 2.08. The molecule has 0 fully saturated rings. The molecule has 0 aliphatic rings. The number of aryl methyl sites for hydroxylation is 4. The van der Waals surface area contributed by atoms with Crippen LogP contribution in [0.4, 0.5) is 0 Å². The highest BCUT2D eigenvalue weighted by Crippen LogP contribution is 2.33. The molecule has 0 aliphatic carbocycles. The van der Waals surface area contributed by atoms with Gasteiger partial charge in [0.15, 0.2) is 0 Å². The Morgan fingerprint density at radius 1 is 0.260 bits per heavy atom. The zero-order chi connectivity index (χ0) is 34.5. The summed E-state index contributed by atoms with van der Waals surface area (Å²) in [6.45, 7) is 8.53. The smallest absolute Gasteiger partial charge is 0.0111 e. The summed E-state index contributed by atoms with van der Waals surface area (Å²) in [6.07, 6.45) is 8.95. The van der Waals surface area contributed by atoms with Crippen molar-refractivity contribution >= 4 is 24.3 Å². The van der Waals surface area contributed by atoms with E-state index < -0.39 is 0 Å². The van der Waals surface area contributed by atoms with E-state index in [2.05, 4.69) is 210 Å². The van der Waals surface area contributed by atoms with Crippen molar-refractivity contribution in [3.05, 3.63) is 202 Å². The molecule has 0 aromatic heterocycles. The topological polar surface area (TPSA) is 0 Å². The predicted octanol–water partition coefficient (Wildman–Crippen LogP) is 13.9. The van der Waals surface area contributed by atoms with Gasteiger partial charge in [0, 0.05) is 0 Å². The van der Waals surface area contributed by atoms with Gasteiger partial charge >= 0.3 is 0 Å². The van der Waals surface area contributed by atoms with Gasteiger partial charge in [-0.1, -0.05) is 192 Å². The number of rotatable bonds is 8. The molecular weight excluding hydrogens is 601 g/mol. The number of benzene rings is 7. The lowest BCUT2D eigenvalue weighted by molar-refractivity contribution is 1.46. The molecule has 0 heteroatoms. The number of hydrogen-bond acceptors (Lipinski definition) is 0. The highest BCUT2D eigenvalue weighted by molar-refractivity contribution is 5.86. The molecular formula is C50H42. The monoisotopic (exact) mass is 642 g/mol. The summed E-state index contributed by atoms with van der Waals surface area (Å²) in [6, 6.07) is 57.6. The van der Waals surface area contributed by atoms with Crippen molar-refractivity contribution in [3.63, 3.8) is 0 Å². The molecule has 0 saturated carbocycles. The average Bonchev–Trinajstić information content (AvgIpc) is 3.15. The Morgan fingerprint density at radius 3 is 0.860 bits per heavy atom. The van der Waals surface area contributed by atoms with Gasteiger partial charge in [-0.15, -0.1) is 0 Å². The maximum absolute atomic E-state index is 2.31. The Balaban J connectivity index is 1.18. The molecule has 0 radical (unpaired) electrons. The van der Waals surface area contributed by atoms with Crippen molar-refractivity contribution in [3.8, 4) is 44.5 Å². The predicted molar refractivity (Wildman–Crippen MR) is 218 cm³/mol. The van der Waals surface area contributed by atoms with Crippen LogP contribution in [0.15, 0.2) is 158 Å². The molecule has 0 N–H and O–H groups in total. The molecule has 0 spiro atoms. The Bertz CT molecular complexity index is 2110. The Labute approximate surface area is 297 Å². The maximum atomic E-state index is 2.31. The summed E-state index contributed by atoms with van der Waals surface area (Å²) < 4.78 is 0. The molecule has 7 aromatic rings. The van der Waals surface area contributed by atoms with Crippen LogP contribution in [0.3, 0.4) is 0 Å². The van der Waals surface area contributed by atoms with Crippen LogP contribution < -0.4 is 0 Å². The molecule has 50 heavy (non-hydrogen) atoms. The van der Waals surface area contributed by atoms with E-state index >= 15 is 0 Å². The van der Waals surface area contributed by atoms with Gasteiger partial charge in [-0.05, 0) is 107 Å². The fraction of sp³-hybridized carbons (Fsp3) is 0.0800. The van der Waals surface area contributed by atoms with Crippen molar-refractivity contribution in [2.24, 2.45) is 0 Å². The highest BCUT2D eigenvalue weighted by atomic mass is 14.1. The second-order valence-corrected chi connectivity index (χ2v) is 13.4. The zero-order valence-electron chi connectivity index (χ0n) is 29.3. The summed E-state index contributed by atoms with van der Waals surface area (Å²) >= 11 is 0. The molecule has 7 rings (SSSR count). The van der Waals surface area contributed by atoms with Crippen LogP contribution in [0.5, 0.6) is 0 Å². The molecule has 242 valence electrons. The first kappa shape index (κ1) is 32.6. The van der Waals surface area contributed by atoms with E-state index in [1.165, 1.54) is 89.0 Å². The normalized spacial score (nSPS) is 11.4. The Kier molecular flexibility index (Phi) is 9.54. The Morgan fingerprint density at radius 2 is 0.540 bits per heavy atom. The first-order valence-electron chi connectivity index (χ1n) is 17.4. The van der Waals surface area contributed by atoms with Crippen LogP contribution in [0.25, 0.3) is 68.8 Å². The van der Waals surface area contributed by atoms with Gasteiger partial charge in [-0.25, -0.2) is 0 Å². The van der Waals surface area contributed by atoms with Crippen LogP contribution in [0, 0.1) is 27.7 Å².